The van der Waals surface area contributed by atoms with Crippen LogP contribution < -0.4 is 0 Å². The van der Waals surface area contributed by atoms with E-state index in [9.17, 15) is 0 Å². The largest absolute Gasteiger partial charge is 0.299 e. The molecule has 0 unspecified atom stereocenters. The summed E-state index contributed by atoms with van der Waals surface area (Å²) in [7, 11) is 0. The summed E-state index contributed by atoms with van der Waals surface area (Å²) in [6.07, 6.45) is 10.0. The van der Waals surface area contributed by atoms with Crippen LogP contribution in [0.3, 0.4) is 0 Å². The van der Waals surface area contributed by atoms with Gasteiger partial charge in [-0.2, -0.15) is 0 Å². The highest BCUT2D eigenvalue weighted by Gasteiger charge is 2.12. The second-order valence-corrected chi connectivity index (χ2v) is 6.05. The number of hydrogen-bond acceptors (Lipinski definition) is 2. The molecule has 0 aliphatic rings. The lowest BCUT2D eigenvalue weighted by Gasteiger charge is -2.15. The minimum Gasteiger partial charge on any atom is -0.299 e. The molecule has 128 valence electrons. The lowest BCUT2D eigenvalue weighted by molar-refractivity contribution is 0.991. The van der Waals surface area contributed by atoms with Crippen molar-refractivity contribution in [2.24, 2.45) is 4.99 Å². The molecule has 0 aromatic rings. The third-order valence-electron chi connectivity index (χ3n) is 3.88. The second kappa shape index (κ2) is 11.8. The zero-order valence-corrected chi connectivity index (χ0v) is 15.9. The molecule has 0 radical (unpaired) electrons. The molecule has 0 atom stereocenters. The predicted molar refractivity (Wildman–Crippen MR) is 106 cm³/mol. The first kappa shape index (κ1) is 21.3. The van der Waals surface area contributed by atoms with Crippen molar-refractivity contribution in [1.29, 1.82) is 5.41 Å². The average Bonchev–Trinajstić information content (AvgIpc) is 2.51. The lowest BCUT2D eigenvalue weighted by atomic mass is 9.92. The molecule has 0 aliphatic heterocycles. The number of aliphatic imine (C=N–C) groups is 1. The van der Waals surface area contributed by atoms with E-state index >= 15 is 0 Å². The van der Waals surface area contributed by atoms with E-state index in [-0.39, 0.29) is 0 Å². The third kappa shape index (κ3) is 8.49. The van der Waals surface area contributed by atoms with Gasteiger partial charge in [0.1, 0.15) is 0 Å². The summed E-state index contributed by atoms with van der Waals surface area (Å²) in [6.45, 7) is 17.1. The van der Waals surface area contributed by atoms with Gasteiger partial charge in [-0.1, -0.05) is 55.4 Å². The van der Waals surface area contributed by atoms with Gasteiger partial charge in [-0.05, 0) is 59.0 Å². The summed E-state index contributed by atoms with van der Waals surface area (Å²) < 4.78 is 0. The Hall–Kier alpha value is -1.70. The van der Waals surface area contributed by atoms with E-state index in [0.29, 0.717) is 12.3 Å². The zero-order chi connectivity index (χ0) is 17.8. The van der Waals surface area contributed by atoms with Crippen molar-refractivity contribution in [1.82, 2.24) is 0 Å². The van der Waals surface area contributed by atoms with Gasteiger partial charge in [0.2, 0.25) is 0 Å². The molecule has 1 N–H and O–H groups in total. The molecule has 23 heavy (non-hydrogen) atoms. The topological polar surface area (TPSA) is 36.2 Å². The standard InChI is InChI=1S/C21H34N2/c1-8-11-12-19(15-16(4)5)20(10-3)21(22)18(7)23-14-13-17(6)9-2/h8,11,13,22H,4,9-10,12,14-15H2,1-3,5-7H3/b11-8?,17-13?,20-19-,22-21?,23-18?. The zero-order valence-electron chi connectivity index (χ0n) is 15.9. The molecule has 0 bridgehead atoms. The van der Waals surface area contributed by atoms with Crippen molar-refractivity contribution >= 4 is 11.4 Å². The van der Waals surface area contributed by atoms with E-state index in [2.05, 4.69) is 50.6 Å². The SMILES string of the molecule is C=C(C)C/C(CC=CC)=C(/CC)C(=N)C(C)=NCC=C(C)CC. The maximum atomic E-state index is 8.53. The number of nitrogens with zero attached hydrogens (tertiary/aromatic N) is 1. The van der Waals surface area contributed by atoms with E-state index in [1.807, 2.05) is 20.8 Å². The molecule has 0 saturated heterocycles. The van der Waals surface area contributed by atoms with Crippen molar-refractivity contribution in [2.75, 3.05) is 6.54 Å². The smallest absolute Gasteiger partial charge is 0.0779 e. The summed E-state index contributed by atoms with van der Waals surface area (Å²) >= 11 is 0. The molecule has 0 amide bonds. The summed E-state index contributed by atoms with van der Waals surface area (Å²) in [6, 6.07) is 0. The van der Waals surface area contributed by atoms with Gasteiger partial charge in [-0.3, -0.25) is 10.4 Å². The molecule has 0 rings (SSSR count). The van der Waals surface area contributed by atoms with Crippen molar-refractivity contribution < 1.29 is 0 Å². The summed E-state index contributed by atoms with van der Waals surface area (Å²) in [5.41, 5.74) is 6.29. The molecule has 0 aromatic carbocycles. The Kier molecular flexibility index (Phi) is 10.9. The molecule has 0 spiro atoms. The van der Waals surface area contributed by atoms with Crippen LogP contribution in [0.5, 0.6) is 0 Å². The number of nitrogens with one attached hydrogen (secondary N) is 1. The first-order chi connectivity index (χ1) is 10.9. The van der Waals surface area contributed by atoms with Crippen LogP contribution in [0.4, 0.5) is 0 Å². The van der Waals surface area contributed by atoms with Crippen LogP contribution in [0.25, 0.3) is 0 Å². The van der Waals surface area contributed by atoms with Crippen molar-refractivity contribution in [3.05, 3.63) is 47.1 Å². The molecule has 0 aliphatic carbocycles. The normalized spacial score (nSPS) is 14.2. The fraction of sp³-hybridized carbons (Fsp3) is 0.524. The number of allylic oxidation sites excluding steroid dienone is 6. The van der Waals surface area contributed by atoms with Gasteiger partial charge in [0.05, 0.1) is 18.0 Å². The van der Waals surface area contributed by atoms with Crippen LogP contribution in [-0.2, 0) is 0 Å². The highest BCUT2D eigenvalue weighted by Crippen LogP contribution is 2.22. The quantitative estimate of drug-likeness (QED) is 0.355. The Balaban J connectivity index is 5.42. The Morgan fingerprint density at radius 3 is 2.26 bits per heavy atom. The molecule has 0 heterocycles. The van der Waals surface area contributed by atoms with E-state index in [1.165, 1.54) is 11.1 Å². The van der Waals surface area contributed by atoms with Crippen LogP contribution >= 0.6 is 0 Å². The van der Waals surface area contributed by atoms with Gasteiger partial charge in [0.15, 0.2) is 0 Å². The molecule has 0 aromatic heterocycles. The van der Waals surface area contributed by atoms with E-state index < -0.39 is 0 Å². The molecular weight excluding hydrogens is 280 g/mol. The van der Waals surface area contributed by atoms with Gasteiger partial charge in [0, 0.05) is 0 Å². The minimum atomic E-state index is 0.579. The van der Waals surface area contributed by atoms with E-state index in [1.54, 1.807) is 0 Å². The van der Waals surface area contributed by atoms with E-state index in [4.69, 9.17) is 5.41 Å². The molecular formula is C21H34N2. The second-order valence-electron chi connectivity index (χ2n) is 6.05. The van der Waals surface area contributed by atoms with Gasteiger partial charge in [0.25, 0.3) is 0 Å². The van der Waals surface area contributed by atoms with Gasteiger partial charge in [-0.25, -0.2) is 0 Å². The van der Waals surface area contributed by atoms with Crippen LogP contribution in [0, 0.1) is 5.41 Å². The monoisotopic (exact) mass is 314 g/mol. The van der Waals surface area contributed by atoms with Gasteiger partial charge in [-0.15, -0.1) is 0 Å². The van der Waals surface area contributed by atoms with Crippen LogP contribution in [0.1, 0.15) is 67.2 Å². The summed E-state index contributed by atoms with van der Waals surface area (Å²) in [4.78, 5) is 4.56. The van der Waals surface area contributed by atoms with Gasteiger partial charge >= 0.3 is 0 Å². The lowest BCUT2D eigenvalue weighted by Crippen LogP contribution is -2.14. The van der Waals surface area contributed by atoms with Gasteiger partial charge < -0.3 is 0 Å². The number of hydrogen-bond donors (Lipinski definition) is 1. The molecule has 2 nitrogen and oxygen atoms in total. The van der Waals surface area contributed by atoms with Crippen LogP contribution in [0.2, 0.25) is 0 Å². The fourth-order valence-electron chi connectivity index (χ4n) is 2.31. The first-order valence-electron chi connectivity index (χ1n) is 8.59. The van der Waals surface area contributed by atoms with Crippen LogP contribution in [0.15, 0.2) is 52.1 Å². The van der Waals surface area contributed by atoms with E-state index in [0.717, 1.165) is 42.5 Å². The van der Waals surface area contributed by atoms with Crippen molar-refractivity contribution in [3.8, 4) is 0 Å². The maximum Gasteiger partial charge on any atom is 0.0779 e. The highest BCUT2D eigenvalue weighted by molar-refractivity contribution is 6.46. The maximum absolute atomic E-state index is 8.53. The molecule has 0 saturated carbocycles. The Bertz CT molecular complexity index is 528. The highest BCUT2D eigenvalue weighted by atomic mass is 14.7. The van der Waals surface area contributed by atoms with Crippen molar-refractivity contribution in [2.45, 2.75) is 67.2 Å². The predicted octanol–water partition coefficient (Wildman–Crippen LogP) is 6.46. The minimum absolute atomic E-state index is 0.579. The summed E-state index contributed by atoms with van der Waals surface area (Å²) in [5, 5.41) is 8.53. The number of rotatable bonds is 10. The molecule has 0 fully saturated rings. The van der Waals surface area contributed by atoms with Crippen molar-refractivity contribution in [3.63, 3.8) is 0 Å². The fourth-order valence-corrected chi connectivity index (χ4v) is 2.31. The summed E-state index contributed by atoms with van der Waals surface area (Å²) in [5.74, 6) is 0. The Morgan fingerprint density at radius 1 is 1.13 bits per heavy atom. The van der Waals surface area contributed by atoms with Crippen LogP contribution in [-0.4, -0.2) is 18.0 Å². The Morgan fingerprint density at radius 2 is 1.78 bits per heavy atom. The average molecular weight is 315 g/mol. The first-order valence-corrected chi connectivity index (χ1v) is 8.59. The molecule has 2 heteroatoms. The Labute approximate surface area is 143 Å². The third-order valence-corrected chi connectivity index (χ3v) is 3.88.